The van der Waals surface area contributed by atoms with Crippen LogP contribution in [0.15, 0.2) is 42.5 Å². The van der Waals surface area contributed by atoms with Crippen molar-refractivity contribution in [2.75, 3.05) is 18.0 Å². The SMILES string of the molecule is Cc1nc(C2CCN(C(=O)[C@H]3CC=CCC3)CC2)nc2c1CCC(=O)N2Cc1ccccc1. The lowest BCUT2D eigenvalue weighted by Crippen LogP contribution is -2.42. The number of fused-ring (bicyclic) bond motifs is 1. The zero-order chi connectivity index (χ0) is 22.8. The lowest BCUT2D eigenvalue weighted by molar-refractivity contribution is -0.136. The van der Waals surface area contributed by atoms with Crippen LogP contribution in [-0.4, -0.2) is 39.8 Å². The number of allylic oxidation sites excluding steroid dienone is 2. The molecule has 0 saturated carbocycles. The second-order valence-corrected chi connectivity index (χ2v) is 9.52. The average Bonchev–Trinajstić information content (AvgIpc) is 2.86. The van der Waals surface area contributed by atoms with Crippen molar-refractivity contribution < 1.29 is 9.59 Å². The van der Waals surface area contributed by atoms with Gasteiger partial charge < -0.3 is 4.90 Å². The number of aryl methyl sites for hydroxylation is 1. The van der Waals surface area contributed by atoms with E-state index in [1.807, 2.05) is 47.1 Å². The fourth-order valence-electron chi connectivity index (χ4n) is 5.35. The van der Waals surface area contributed by atoms with Crippen LogP contribution in [0.3, 0.4) is 0 Å². The monoisotopic (exact) mass is 444 g/mol. The number of carbonyl (C=O) groups is 2. The standard InChI is InChI=1S/C27H32N4O2/c1-19-23-12-13-24(32)31(18-20-8-4-2-5-9-20)26(23)29-25(28-19)21-14-16-30(17-15-21)27(33)22-10-6-3-7-11-22/h2-6,8-9,21-22H,7,10-18H2,1H3/t22-/m0/s1. The van der Waals surface area contributed by atoms with Crippen LogP contribution in [0.1, 0.15) is 67.1 Å². The van der Waals surface area contributed by atoms with Gasteiger partial charge in [-0.2, -0.15) is 0 Å². The summed E-state index contributed by atoms with van der Waals surface area (Å²) in [5, 5.41) is 0. The lowest BCUT2D eigenvalue weighted by Gasteiger charge is -2.35. The van der Waals surface area contributed by atoms with Crippen molar-refractivity contribution in [3.8, 4) is 0 Å². The predicted molar refractivity (Wildman–Crippen MR) is 128 cm³/mol. The van der Waals surface area contributed by atoms with Gasteiger partial charge in [0, 0.05) is 42.6 Å². The Morgan fingerprint density at radius 1 is 1.03 bits per heavy atom. The molecule has 172 valence electrons. The molecule has 2 aliphatic heterocycles. The summed E-state index contributed by atoms with van der Waals surface area (Å²) in [6, 6.07) is 10.1. The van der Waals surface area contributed by atoms with Crippen molar-refractivity contribution in [3.05, 3.63) is 65.1 Å². The van der Waals surface area contributed by atoms with Crippen LogP contribution in [0.4, 0.5) is 5.82 Å². The molecule has 3 aliphatic rings. The number of piperidine rings is 1. The molecule has 0 spiro atoms. The summed E-state index contributed by atoms with van der Waals surface area (Å²) < 4.78 is 0. The normalized spacial score (nSPS) is 21.2. The molecule has 0 radical (unpaired) electrons. The Kier molecular flexibility index (Phi) is 6.25. The first kappa shape index (κ1) is 21.8. The van der Waals surface area contributed by atoms with Crippen LogP contribution < -0.4 is 4.90 Å². The highest BCUT2D eigenvalue weighted by molar-refractivity contribution is 5.95. The molecule has 1 aliphatic carbocycles. The molecule has 1 saturated heterocycles. The molecule has 0 N–H and O–H groups in total. The first-order chi connectivity index (χ1) is 16.1. The van der Waals surface area contributed by atoms with Crippen LogP contribution >= 0.6 is 0 Å². The molecule has 33 heavy (non-hydrogen) atoms. The maximum Gasteiger partial charge on any atom is 0.228 e. The number of amides is 2. The largest absolute Gasteiger partial charge is 0.342 e. The number of carbonyl (C=O) groups excluding carboxylic acids is 2. The number of hydrogen-bond donors (Lipinski definition) is 0. The number of likely N-dealkylation sites (tertiary alicyclic amines) is 1. The van der Waals surface area contributed by atoms with Gasteiger partial charge >= 0.3 is 0 Å². The highest BCUT2D eigenvalue weighted by Gasteiger charge is 2.32. The van der Waals surface area contributed by atoms with Crippen molar-refractivity contribution >= 4 is 17.6 Å². The molecule has 1 aromatic carbocycles. The molecule has 2 amide bonds. The third-order valence-corrected chi connectivity index (χ3v) is 7.33. The summed E-state index contributed by atoms with van der Waals surface area (Å²) in [4.78, 5) is 39.5. The second kappa shape index (κ2) is 9.46. The Hall–Kier alpha value is -3.02. The molecule has 5 rings (SSSR count). The van der Waals surface area contributed by atoms with Gasteiger partial charge in [0.2, 0.25) is 11.8 Å². The van der Waals surface area contributed by atoms with Crippen molar-refractivity contribution in [2.45, 2.75) is 64.3 Å². The van der Waals surface area contributed by atoms with Gasteiger partial charge in [0.1, 0.15) is 11.6 Å². The Balaban J connectivity index is 1.33. The maximum atomic E-state index is 12.9. The van der Waals surface area contributed by atoms with Gasteiger partial charge in [0.15, 0.2) is 0 Å². The molecule has 0 unspecified atom stereocenters. The van der Waals surface area contributed by atoms with Crippen LogP contribution in [0.25, 0.3) is 0 Å². The molecular weight excluding hydrogens is 412 g/mol. The van der Waals surface area contributed by atoms with Gasteiger partial charge in [0.25, 0.3) is 0 Å². The molecule has 6 nitrogen and oxygen atoms in total. The number of aromatic nitrogens is 2. The van der Waals surface area contributed by atoms with Crippen LogP contribution in [0.2, 0.25) is 0 Å². The van der Waals surface area contributed by atoms with E-state index in [-0.39, 0.29) is 17.7 Å². The zero-order valence-electron chi connectivity index (χ0n) is 19.4. The van der Waals surface area contributed by atoms with E-state index in [9.17, 15) is 9.59 Å². The second-order valence-electron chi connectivity index (χ2n) is 9.52. The molecule has 6 heteroatoms. The summed E-state index contributed by atoms with van der Waals surface area (Å²) in [6.45, 7) is 4.09. The van der Waals surface area contributed by atoms with E-state index in [1.54, 1.807) is 0 Å². The first-order valence-corrected chi connectivity index (χ1v) is 12.3. The van der Waals surface area contributed by atoms with E-state index in [4.69, 9.17) is 9.97 Å². The average molecular weight is 445 g/mol. The smallest absolute Gasteiger partial charge is 0.228 e. The topological polar surface area (TPSA) is 66.4 Å². The van der Waals surface area contributed by atoms with E-state index in [0.717, 1.165) is 73.7 Å². The molecule has 3 heterocycles. The molecule has 1 atom stereocenters. The summed E-state index contributed by atoms with van der Waals surface area (Å²) in [6.07, 6.45) is 10.1. The van der Waals surface area contributed by atoms with E-state index in [0.29, 0.717) is 25.3 Å². The van der Waals surface area contributed by atoms with Crippen LogP contribution in [0, 0.1) is 12.8 Å². The van der Waals surface area contributed by atoms with Gasteiger partial charge in [-0.15, -0.1) is 0 Å². The molecule has 0 bridgehead atoms. The third-order valence-electron chi connectivity index (χ3n) is 7.33. The Labute approximate surface area is 195 Å². The van der Waals surface area contributed by atoms with Crippen LogP contribution in [-0.2, 0) is 22.6 Å². The predicted octanol–water partition coefficient (Wildman–Crippen LogP) is 4.33. The van der Waals surface area contributed by atoms with Crippen molar-refractivity contribution in [1.29, 1.82) is 0 Å². The van der Waals surface area contributed by atoms with Crippen LogP contribution in [0.5, 0.6) is 0 Å². The Morgan fingerprint density at radius 3 is 2.55 bits per heavy atom. The van der Waals surface area contributed by atoms with Crippen molar-refractivity contribution in [3.63, 3.8) is 0 Å². The molecule has 2 aromatic rings. The Bertz CT molecular complexity index is 1060. The summed E-state index contributed by atoms with van der Waals surface area (Å²) in [7, 11) is 0. The number of benzene rings is 1. The highest BCUT2D eigenvalue weighted by atomic mass is 16.2. The molecule has 1 fully saturated rings. The van der Waals surface area contributed by atoms with E-state index in [2.05, 4.69) is 12.2 Å². The minimum Gasteiger partial charge on any atom is -0.342 e. The number of rotatable bonds is 4. The Morgan fingerprint density at radius 2 is 1.82 bits per heavy atom. The number of anilines is 1. The van der Waals surface area contributed by atoms with E-state index in [1.165, 1.54) is 0 Å². The first-order valence-electron chi connectivity index (χ1n) is 12.3. The molecule has 1 aromatic heterocycles. The molecular formula is C27H32N4O2. The van der Waals surface area contributed by atoms with Crippen molar-refractivity contribution in [1.82, 2.24) is 14.9 Å². The minimum absolute atomic E-state index is 0.123. The number of hydrogen-bond acceptors (Lipinski definition) is 4. The van der Waals surface area contributed by atoms with Gasteiger partial charge in [0.05, 0.1) is 6.54 Å². The van der Waals surface area contributed by atoms with Gasteiger partial charge in [-0.3, -0.25) is 14.5 Å². The summed E-state index contributed by atoms with van der Waals surface area (Å²) in [5.74, 6) is 2.40. The maximum absolute atomic E-state index is 12.9. The van der Waals surface area contributed by atoms with E-state index < -0.39 is 0 Å². The third kappa shape index (κ3) is 4.56. The van der Waals surface area contributed by atoms with Gasteiger partial charge in [-0.1, -0.05) is 42.5 Å². The zero-order valence-corrected chi connectivity index (χ0v) is 19.4. The fourth-order valence-corrected chi connectivity index (χ4v) is 5.35. The summed E-state index contributed by atoms with van der Waals surface area (Å²) >= 11 is 0. The van der Waals surface area contributed by atoms with Gasteiger partial charge in [-0.05, 0) is 51.0 Å². The quantitative estimate of drug-likeness (QED) is 0.659. The van der Waals surface area contributed by atoms with Gasteiger partial charge in [-0.25, -0.2) is 9.97 Å². The van der Waals surface area contributed by atoms with Crippen molar-refractivity contribution in [2.24, 2.45) is 5.92 Å². The summed E-state index contributed by atoms with van der Waals surface area (Å²) in [5.41, 5.74) is 3.17. The number of nitrogens with zero attached hydrogens (tertiary/aromatic N) is 4. The lowest BCUT2D eigenvalue weighted by atomic mass is 9.90. The fraction of sp³-hybridized carbons (Fsp3) is 0.481. The minimum atomic E-state index is 0.123. The van der Waals surface area contributed by atoms with E-state index >= 15 is 0 Å². The highest BCUT2D eigenvalue weighted by Crippen LogP contribution is 2.34.